The second-order valence-corrected chi connectivity index (χ2v) is 7.95. The summed E-state index contributed by atoms with van der Waals surface area (Å²) in [6, 6.07) is 15.7. The molecule has 3 aromatic rings. The lowest BCUT2D eigenvalue weighted by Gasteiger charge is -2.11. The molecule has 1 atom stereocenters. The van der Waals surface area contributed by atoms with Gasteiger partial charge in [-0.2, -0.15) is 4.57 Å². The van der Waals surface area contributed by atoms with Crippen LogP contribution in [0.25, 0.3) is 0 Å². The molecule has 7 heteroatoms. The molecule has 1 N–H and O–H groups in total. The van der Waals surface area contributed by atoms with Crippen molar-refractivity contribution in [3.63, 3.8) is 0 Å². The number of Topliss-reactive ketones (excluding diaryl/α,β-unsaturated/α-hetero) is 1. The molecule has 0 spiro atoms. The average Bonchev–Trinajstić information content (AvgIpc) is 3.13. The quantitative estimate of drug-likeness (QED) is 0.454. The summed E-state index contributed by atoms with van der Waals surface area (Å²) < 4.78 is 12.7. The Balaban J connectivity index is 0.00000306. The Morgan fingerprint density at radius 3 is 2.45 bits per heavy atom. The van der Waals surface area contributed by atoms with Crippen molar-refractivity contribution in [2.45, 2.75) is 19.4 Å². The molecular formula is C26H27BrN2O4. The van der Waals surface area contributed by atoms with E-state index in [1.165, 1.54) is 0 Å². The van der Waals surface area contributed by atoms with Gasteiger partial charge in [-0.15, -0.1) is 0 Å². The minimum atomic E-state index is -0.227. The van der Waals surface area contributed by atoms with E-state index in [4.69, 9.17) is 9.47 Å². The van der Waals surface area contributed by atoms with Crippen molar-refractivity contribution < 1.29 is 40.6 Å². The van der Waals surface area contributed by atoms with Crippen molar-refractivity contribution in [3.05, 3.63) is 88.7 Å². The number of fused-ring (bicyclic) bond motifs is 1. The van der Waals surface area contributed by atoms with Gasteiger partial charge in [-0.25, -0.2) is 0 Å². The zero-order valence-corrected chi connectivity index (χ0v) is 20.5. The van der Waals surface area contributed by atoms with Gasteiger partial charge < -0.3 is 31.8 Å². The monoisotopic (exact) mass is 510 g/mol. The number of nitrogens with zero attached hydrogens (tertiary/aromatic N) is 1. The van der Waals surface area contributed by atoms with Crippen molar-refractivity contribution in [1.82, 2.24) is 5.32 Å². The summed E-state index contributed by atoms with van der Waals surface area (Å²) in [5, 5.41) is 2.73. The SMILES string of the molecule is CNC(=O)c1c[n+](Cc2ccccc2)ccc1CC1Cc2cc(OC)c(OC)cc2C1=O.[Br-]. The smallest absolute Gasteiger partial charge is 0.257 e. The fourth-order valence-electron chi connectivity index (χ4n) is 4.30. The number of rotatable bonds is 7. The van der Waals surface area contributed by atoms with E-state index in [2.05, 4.69) is 17.4 Å². The topological polar surface area (TPSA) is 68.5 Å². The second-order valence-electron chi connectivity index (χ2n) is 7.95. The number of hydrogen-bond acceptors (Lipinski definition) is 4. The molecule has 0 fully saturated rings. The van der Waals surface area contributed by atoms with Gasteiger partial charge in [-0.1, -0.05) is 30.3 Å². The van der Waals surface area contributed by atoms with Crippen LogP contribution in [0.3, 0.4) is 0 Å². The Morgan fingerprint density at radius 2 is 1.79 bits per heavy atom. The number of halogens is 1. The number of hydrogen-bond donors (Lipinski definition) is 1. The normalized spacial score (nSPS) is 14.3. The van der Waals surface area contributed by atoms with E-state index in [1.807, 2.05) is 47.3 Å². The Morgan fingerprint density at radius 1 is 1.09 bits per heavy atom. The predicted octanol–water partition coefficient (Wildman–Crippen LogP) is 0.000900. The molecule has 1 aliphatic rings. The number of carbonyl (C=O) groups excluding carboxylic acids is 2. The summed E-state index contributed by atoms with van der Waals surface area (Å²) in [6.07, 6.45) is 4.93. The first-order valence-electron chi connectivity index (χ1n) is 10.6. The molecule has 0 bridgehead atoms. The first-order chi connectivity index (χ1) is 15.5. The van der Waals surface area contributed by atoms with Crippen LogP contribution < -0.4 is 36.3 Å². The third-order valence-electron chi connectivity index (χ3n) is 5.97. The van der Waals surface area contributed by atoms with E-state index >= 15 is 0 Å². The largest absolute Gasteiger partial charge is 1.00 e. The minimum Gasteiger partial charge on any atom is -1.00 e. The maximum atomic E-state index is 13.1. The molecule has 0 saturated carbocycles. The third kappa shape index (κ3) is 5.09. The number of nitrogens with one attached hydrogen (secondary N) is 1. The fraction of sp³-hybridized carbons (Fsp3) is 0.269. The Labute approximate surface area is 204 Å². The van der Waals surface area contributed by atoms with Crippen LogP contribution in [-0.4, -0.2) is 33.0 Å². The lowest BCUT2D eigenvalue weighted by Crippen LogP contribution is -3.00. The maximum absolute atomic E-state index is 13.1. The van der Waals surface area contributed by atoms with Crippen molar-refractivity contribution in [2.75, 3.05) is 21.3 Å². The van der Waals surface area contributed by atoms with Gasteiger partial charge in [0.15, 0.2) is 36.2 Å². The Hall–Kier alpha value is -3.19. The number of ether oxygens (including phenoxy) is 2. The van der Waals surface area contributed by atoms with Crippen LogP contribution in [0.15, 0.2) is 60.9 Å². The van der Waals surface area contributed by atoms with Gasteiger partial charge in [0.25, 0.3) is 5.91 Å². The van der Waals surface area contributed by atoms with Gasteiger partial charge in [0.2, 0.25) is 0 Å². The molecule has 1 amide bonds. The van der Waals surface area contributed by atoms with Crippen LogP contribution in [0.2, 0.25) is 0 Å². The average molecular weight is 511 g/mol. The molecule has 4 rings (SSSR count). The molecule has 1 unspecified atom stereocenters. The summed E-state index contributed by atoms with van der Waals surface area (Å²) in [5.41, 5.74) is 4.22. The molecule has 1 aliphatic carbocycles. The molecule has 172 valence electrons. The van der Waals surface area contributed by atoms with Crippen LogP contribution in [-0.2, 0) is 19.4 Å². The minimum absolute atomic E-state index is 0. The van der Waals surface area contributed by atoms with Crippen molar-refractivity contribution >= 4 is 11.7 Å². The van der Waals surface area contributed by atoms with E-state index in [0.717, 1.165) is 16.7 Å². The molecule has 2 aromatic carbocycles. The molecule has 6 nitrogen and oxygen atoms in total. The van der Waals surface area contributed by atoms with Crippen molar-refractivity contribution in [1.29, 1.82) is 0 Å². The van der Waals surface area contributed by atoms with E-state index in [-0.39, 0.29) is 34.6 Å². The van der Waals surface area contributed by atoms with Crippen LogP contribution in [0, 0.1) is 5.92 Å². The van der Waals surface area contributed by atoms with E-state index in [0.29, 0.717) is 42.0 Å². The van der Waals surface area contributed by atoms with E-state index in [9.17, 15) is 9.59 Å². The summed E-state index contributed by atoms with van der Waals surface area (Å²) in [6.45, 7) is 0.665. The number of pyridine rings is 1. The molecule has 0 saturated heterocycles. The lowest BCUT2D eigenvalue weighted by molar-refractivity contribution is -0.688. The maximum Gasteiger partial charge on any atom is 0.257 e. The standard InChI is InChI=1S/C26H26N2O4.BrH/c1-27-26(30)22-16-28(15-17-7-5-4-6-8-17)10-9-18(22)11-20-12-19-13-23(31-2)24(32-3)14-21(19)25(20)29;/h4-10,13-14,16,20H,11-12,15H2,1-3H3;1H. The van der Waals surface area contributed by atoms with E-state index in [1.54, 1.807) is 27.3 Å². The van der Waals surface area contributed by atoms with Gasteiger partial charge in [0.1, 0.15) is 5.56 Å². The zero-order chi connectivity index (χ0) is 22.7. The highest BCUT2D eigenvalue weighted by molar-refractivity contribution is 6.03. The zero-order valence-electron chi connectivity index (χ0n) is 18.9. The number of carbonyl (C=O) groups is 2. The van der Waals surface area contributed by atoms with Gasteiger partial charge in [0, 0.05) is 30.2 Å². The molecule has 1 heterocycles. The first-order valence-corrected chi connectivity index (χ1v) is 10.6. The second kappa shape index (κ2) is 10.6. The van der Waals surface area contributed by atoms with Crippen LogP contribution in [0.5, 0.6) is 11.5 Å². The van der Waals surface area contributed by atoms with E-state index < -0.39 is 0 Å². The number of amides is 1. The number of methoxy groups -OCH3 is 2. The predicted molar refractivity (Wildman–Crippen MR) is 120 cm³/mol. The Kier molecular flexibility index (Phi) is 7.87. The van der Waals surface area contributed by atoms with Crippen molar-refractivity contribution in [3.8, 4) is 11.5 Å². The first kappa shape index (κ1) is 24.5. The lowest BCUT2D eigenvalue weighted by atomic mass is 9.93. The van der Waals surface area contributed by atoms with Gasteiger partial charge in [-0.3, -0.25) is 9.59 Å². The highest BCUT2D eigenvalue weighted by Gasteiger charge is 2.33. The third-order valence-corrected chi connectivity index (χ3v) is 5.97. The number of ketones is 1. The van der Waals surface area contributed by atoms with Crippen LogP contribution in [0.4, 0.5) is 0 Å². The Bertz CT molecular complexity index is 1160. The van der Waals surface area contributed by atoms with Gasteiger partial charge in [0.05, 0.1) is 14.2 Å². The van der Waals surface area contributed by atoms with Crippen LogP contribution >= 0.6 is 0 Å². The van der Waals surface area contributed by atoms with Gasteiger partial charge in [-0.05, 0) is 36.1 Å². The molecular weight excluding hydrogens is 484 g/mol. The summed E-state index contributed by atoms with van der Waals surface area (Å²) >= 11 is 0. The molecule has 0 aliphatic heterocycles. The molecule has 0 radical (unpaired) electrons. The highest BCUT2D eigenvalue weighted by Crippen LogP contribution is 2.37. The highest BCUT2D eigenvalue weighted by atomic mass is 79.9. The summed E-state index contributed by atoms with van der Waals surface area (Å²) in [7, 11) is 4.77. The van der Waals surface area contributed by atoms with Gasteiger partial charge >= 0.3 is 0 Å². The number of benzene rings is 2. The molecule has 1 aromatic heterocycles. The van der Waals surface area contributed by atoms with Crippen LogP contribution in [0.1, 0.15) is 37.4 Å². The van der Waals surface area contributed by atoms with Crippen molar-refractivity contribution in [2.24, 2.45) is 5.92 Å². The fourth-order valence-corrected chi connectivity index (χ4v) is 4.30. The number of aromatic nitrogens is 1. The summed E-state index contributed by atoms with van der Waals surface area (Å²) in [5.74, 6) is 0.856. The molecule has 33 heavy (non-hydrogen) atoms. The summed E-state index contributed by atoms with van der Waals surface area (Å²) in [4.78, 5) is 25.8.